The van der Waals surface area contributed by atoms with Crippen molar-refractivity contribution in [1.29, 1.82) is 0 Å². The standard InChI is InChI=1S/C16H25NO/c1-13(16-8-3-2-4-9-16)17-11-14-6-5-7-15(10-14)12-18/h5-7,10,13,16-18H,2-4,8-9,11-12H2,1H3. The van der Waals surface area contributed by atoms with Crippen molar-refractivity contribution in [2.75, 3.05) is 0 Å². The van der Waals surface area contributed by atoms with Crippen LogP contribution < -0.4 is 5.32 Å². The van der Waals surface area contributed by atoms with Crippen LogP contribution in [-0.2, 0) is 13.2 Å². The summed E-state index contributed by atoms with van der Waals surface area (Å²) in [4.78, 5) is 0. The van der Waals surface area contributed by atoms with Crippen molar-refractivity contribution in [2.24, 2.45) is 5.92 Å². The monoisotopic (exact) mass is 247 g/mol. The van der Waals surface area contributed by atoms with Gasteiger partial charge in [0.1, 0.15) is 0 Å². The number of nitrogens with one attached hydrogen (secondary N) is 1. The van der Waals surface area contributed by atoms with Crippen molar-refractivity contribution in [2.45, 2.75) is 58.2 Å². The highest BCUT2D eigenvalue weighted by molar-refractivity contribution is 5.22. The third kappa shape index (κ3) is 3.82. The summed E-state index contributed by atoms with van der Waals surface area (Å²) in [6, 6.07) is 8.80. The molecule has 1 aromatic carbocycles. The summed E-state index contributed by atoms with van der Waals surface area (Å²) in [7, 11) is 0. The highest BCUT2D eigenvalue weighted by Gasteiger charge is 2.19. The molecule has 1 aliphatic carbocycles. The second kappa shape index (κ2) is 6.91. The van der Waals surface area contributed by atoms with Gasteiger partial charge in [0, 0.05) is 12.6 Å². The molecule has 1 fully saturated rings. The van der Waals surface area contributed by atoms with Crippen molar-refractivity contribution in [3.05, 3.63) is 35.4 Å². The average Bonchev–Trinajstić information content (AvgIpc) is 2.46. The van der Waals surface area contributed by atoms with Crippen LogP contribution in [0.4, 0.5) is 0 Å². The molecule has 0 radical (unpaired) electrons. The zero-order valence-electron chi connectivity index (χ0n) is 11.4. The molecular weight excluding hydrogens is 222 g/mol. The molecule has 18 heavy (non-hydrogen) atoms. The number of rotatable bonds is 5. The molecule has 2 N–H and O–H groups in total. The van der Waals surface area contributed by atoms with Crippen LogP contribution in [-0.4, -0.2) is 11.1 Å². The van der Waals surface area contributed by atoms with Gasteiger partial charge >= 0.3 is 0 Å². The predicted molar refractivity (Wildman–Crippen MR) is 75.2 cm³/mol. The van der Waals surface area contributed by atoms with E-state index in [1.54, 1.807) is 0 Å². The van der Waals surface area contributed by atoms with E-state index < -0.39 is 0 Å². The van der Waals surface area contributed by atoms with E-state index in [0.29, 0.717) is 6.04 Å². The molecule has 2 heteroatoms. The van der Waals surface area contributed by atoms with Crippen LogP contribution in [0, 0.1) is 5.92 Å². The molecule has 1 atom stereocenters. The summed E-state index contributed by atoms with van der Waals surface area (Å²) < 4.78 is 0. The zero-order valence-corrected chi connectivity index (χ0v) is 11.4. The minimum absolute atomic E-state index is 0.131. The van der Waals surface area contributed by atoms with Crippen LogP contribution in [0.5, 0.6) is 0 Å². The quantitative estimate of drug-likeness (QED) is 0.837. The Morgan fingerprint density at radius 1 is 1.22 bits per heavy atom. The first-order valence-electron chi connectivity index (χ1n) is 7.21. The van der Waals surface area contributed by atoms with Crippen LogP contribution in [0.2, 0.25) is 0 Å². The largest absolute Gasteiger partial charge is 0.392 e. The maximum atomic E-state index is 9.12. The average molecular weight is 247 g/mol. The molecular formula is C16H25NO. The SMILES string of the molecule is CC(NCc1cccc(CO)c1)C1CCCCC1. The number of hydrogen-bond donors (Lipinski definition) is 2. The van der Waals surface area contributed by atoms with Gasteiger partial charge in [0.05, 0.1) is 6.61 Å². The summed E-state index contributed by atoms with van der Waals surface area (Å²) in [5, 5.41) is 12.8. The first-order chi connectivity index (χ1) is 8.79. The third-order valence-electron chi connectivity index (χ3n) is 4.16. The first kappa shape index (κ1) is 13.6. The van der Waals surface area contributed by atoms with E-state index in [1.165, 1.54) is 37.7 Å². The van der Waals surface area contributed by atoms with Crippen LogP contribution in [0.3, 0.4) is 0 Å². The van der Waals surface area contributed by atoms with Crippen LogP contribution in [0.25, 0.3) is 0 Å². The second-order valence-corrected chi connectivity index (χ2v) is 5.55. The molecule has 0 bridgehead atoms. The van der Waals surface area contributed by atoms with Crippen molar-refractivity contribution in [3.8, 4) is 0 Å². The van der Waals surface area contributed by atoms with E-state index >= 15 is 0 Å². The van der Waals surface area contributed by atoms with Crippen molar-refractivity contribution in [1.82, 2.24) is 5.32 Å². The number of hydrogen-bond acceptors (Lipinski definition) is 2. The Bertz CT molecular complexity index is 358. The van der Waals surface area contributed by atoms with E-state index in [9.17, 15) is 0 Å². The summed E-state index contributed by atoms with van der Waals surface area (Å²) in [6.07, 6.45) is 6.98. The van der Waals surface area contributed by atoms with E-state index in [4.69, 9.17) is 5.11 Å². The molecule has 2 nitrogen and oxygen atoms in total. The molecule has 100 valence electrons. The van der Waals surface area contributed by atoms with E-state index in [1.807, 2.05) is 12.1 Å². The molecule has 0 spiro atoms. The fraction of sp³-hybridized carbons (Fsp3) is 0.625. The number of aliphatic hydroxyl groups excluding tert-OH is 1. The molecule has 1 aromatic rings. The summed E-state index contributed by atoms with van der Waals surface area (Å²) in [6.45, 7) is 3.35. The lowest BCUT2D eigenvalue weighted by Crippen LogP contribution is -2.34. The predicted octanol–water partition coefficient (Wildman–Crippen LogP) is 3.24. The lowest BCUT2D eigenvalue weighted by Gasteiger charge is -2.28. The lowest BCUT2D eigenvalue weighted by atomic mass is 9.84. The highest BCUT2D eigenvalue weighted by Crippen LogP contribution is 2.26. The number of benzene rings is 1. The van der Waals surface area contributed by atoms with Crippen LogP contribution >= 0.6 is 0 Å². The van der Waals surface area contributed by atoms with Crippen molar-refractivity contribution >= 4 is 0 Å². The Balaban J connectivity index is 1.82. The van der Waals surface area contributed by atoms with E-state index in [-0.39, 0.29) is 6.61 Å². The molecule has 0 aliphatic heterocycles. The van der Waals surface area contributed by atoms with Gasteiger partial charge in [-0.3, -0.25) is 0 Å². The molecule has 2 rings (SSSR count). The van der Waals surface area contributed by atoms with Gasteiger partial charge in [0.2, 0.25) is 0 Å². The summed E-state index contributed by atoms with van der Waals surface area (Å²) >= 11 is 0. The first-order valence-corrected chi connectivity index (χ1v) is 7.21. The molecule has 0 saturated heterocycles. The Morgan fingerprint density at radius 3 is 2.67 bits per heavy atom. The van der Waals surface area contributed by atoms with Gasteiger partial charge in [-0.1, -0.05) is 43.5 Å². The smallest absolute Gasteiger partial charge is 0.0681 e. The fourth-order valence-corrected chi connectivity index (χ4v) is 2.92. The lowest BCUT2D eigenvalue weighted by molar-refractivity contribution is 0.279. The second-order valence-electron chi connectivity index (χ2n) is 5.55. The minimum atomic E-state index is 0.131. The Morgan fingerprint density at radius 2 is 1.94 bits per heavy atom. The molecule has 0 aromatic heterocycles. The molecule has 1 unspecified atom stereocenters. The molecule has 0 heterocycles. The van der Waals surface area contributed by atoms with Crippen LogP contribution in [0.1, 0.15) is 50.2 Å². The zero-order chi connectivity index (χ0) is 12.8. The summed E-state index contributed by atoms with van der Waals surface area (Å²) in [5.74, 6) is 0.847. The van der Waals surface area contributed by atoms with Gasteiger partial charge in [-0.25, -0.2) is 0 Å². The normalized spacial score (nSPS) is 18.8. The van der Waals surface area contributed by atoms with Gasteiger partial charge in [-0.15, -0.1) is 0 Å². The minimum Gasteiger partial charge on any atom is -0.392 e. The van der Waals surface area contributed by atoms with Crippen molar-refractivity contribution in [3.63, 3.8) is 0 Å². The maximum absolute atomic E-state index is 9.12. The molecule has 1 aliphatic rings. The van der Waals surface area contributed by atoms with Gasteiger partial charge in [0.25, 0.3) is 0 Å². The van der Waals surface area contributed by atoms with Gasteiger partial charge < -0.3 is 10.4 Å². The highest BCUT2D eigenvalue weighted by atomic mass is 16.3. The topological polar surface area (TPSA) is 32.3 Å². The van der Waals surface area contributed by atoms with Gasteiger partial charge in [-0.05, 0) is 36.8 Å². The Labute approximate surface area is 110 Å². The van der Waals surface area contributed by atoms with Gasteiger partial charge in [0.15, 0.2) is 0 Å². The van der Waals surface area contributed by atoms with Gasteiger partial charge in [-0.2, -0.15) is 0 Å². The maximum Gasteiger partial charge on any atom is 0.0681 e. The fourth-order valence-electron chi connectivity index (χ4n) is 2.92. The van der Waals surface area contributed by atoms with E-state index in [0.717, 1.165) is 18.0 Å². The van der Waals surface area contributed by atoms with Crippen molar-refractivity contribution < 1.29 is 5.11 Å². The summed E-state index contributed by atoms with van der Waals surface area (Å²) in [5.41, 5.74) is 2.27. The Kier molecular flexibility index (Phi) is 5.21. The molecule has 0 amide bonds. The molecule has 1 saturated carbocycles. The Hall–Kier alpha value is -0.860. The third-order valence-corrected chi connectivity index (χ3v) is 4.16. The van der Waals surface area contributed by atoms with Crippen LogP contribution in [0.15, 0.2) is 24.3 Å². The number of aliphatic hydroxyl groups is 1. The van der Waals surface area contributed by atoms with E-state index in [2.05, 4.69) is 24.4 Å².